The number of hydrogen-bond acceptors (Lipinski definition) is 3. The van der Waals surface area contributed by atoms with Crippen molar-refractivity contribution < 1.29 is 9.47 Å². The van der Waals surface area contributed by atoms with Crippen LogP contribution >= 0.6 is 12.6 Å². The molecular weight excluding hydrogens is 196 g/mol. The Labute approximate surface area is 92.1 Å². The molecule has 0 aromatic heterocycles. The van der Waals surface area contributed by atoms with Crippen molar-refractivity contribution in [2.45, 2.75) is 45.0 Å². The predicted octanol–water partition coefficient (Wildman–Crippen LogP) is 2.45. The lowest BCUT2D eigenvalue weighted by atomic mass is 10.0. The number of thiol groups is 1. The molecule has 2 atom stereocenters. The van der Waals surface area contributed by atoms with Crippen LogP contribution in [0.5, 0.6) is 0 Å². The van der Waals surface area contributed by atoms with E-state index in [1.807, 2.05) is 0 Å². The van der Waals surface area contributed by atoms with Gasteiger partial charge in [0.1, 0.15) is 0 Å². The van der Waals surface area contributed by atoms with Crippen LogP contribution in [0.3, 0.4) is 0 Å². The summed E-state index contributed by atoms with van der Waals surface area (Å²) < 4.78 is 11.4. The quantitative estimate of drug-likeness (QED) is 0.575. The minimum atomic E-state index is 0.313. The monoisotopic (exact) mass is 216 g/mol. The van der Waals surface area contributed by atoms with Crippen molar-refractivity contribution in [1.29, 1.82) is 0 Å². The maximum Gasteiger partial charge on any atom is 0.0685 e. The van der Waals surface area contributed by atoms with E-state index in [2.05, 4.69) is 33.1 Å². The molecule has 0 N–H and O–H groups in total. The maximum atomic E-state index is 5.75. The minimum Gasteiger partial charge on any atom is -0.375 e. The second kappa shape index (κ2) is 5.79. The van der Waals surface area contributed by atoms with Crippen LogP contribution in [-0.4, -0.2) is 30.7 Å². The van der Waals surface area contributed by atoms with E-state index in [0.717, 1.165) is 18.4 Å². The summed E-state index contributed by atoms with van der Waals surface area (Å²) in [4.78, 5) is 0. The van der Waals surface area contributed by atoms with Crippen molar-refractivity contribution in [2.75, 3.05) is 12.4 Å². The van der Waals surface area contributed by atoms with Gasteiger partial charge in [-0.25, -0.2) is 0 Å². The third kappa shape index (κ3) is 4.03. The first-order valence-corrected chi connectivity index (χ1v) is 5.79. The van der Waals surface area contributed by atoms with Crippen molar-refractivity contribution in [3.05, 3.63) is 12.2 Å². The summed E-state index contributed by atoms with van der Waals surface area (Å²) in [6.45, 7) is 8.69. The molecule has 0 aromatic carbocycles. The Hall–Kier alpha value is 0.01000. The van der Waals surface area contributed by atoms with E-state index < -0.39 is 0 Å². The third-order valence-corrected chi connectivity index (χ3v) is 2.85. The smallest absolute Gasteiger partial charge is 0.0685 e. The van der Waals surface area contributed by atoms with E-state index in [0.29, 0.717) is 30.7 Å². The highest BCUT2D eigenvalue weighted by atomic mass is 32.1. The summed E-state index contributed by atoms with van der Waals surface area (Å²) in [5.41, 5.74) is 1.04. The molecule has 1 fully saturated rings. The Kier molecular flexibility index (Phi) is 4.99. The molecule has 0 bridgehead atoms. The predicted molar refractivity (Wildman–Crippen MR) is 62.0 cm³/mol. The Morgan fingerprint density at radius 2 is 2.00 bits per heavy atom. The van der Waals surface area contributed by atoms with Gasteiger partial charge in [-0.15, -0.1) is 0 Å². The van der Waals surface area contributed by atoms with Crippen molar-refractivity contribution in [3.63, 3.8) is 0 Å². The highest BCUT2D eigenvalue weighted by Gasteiger charge is 2.24. The van der Waals surface area contributed by atoms with Gasteiger partial charge in [0.15, 0.2) is 0 Å². The lowest BCUT2D eigenvalue weighted by Gasteiger charge is -2.32. The standard InChI is InChI=1S/C11H20O2S/c1-8(7-14)6-12-11-4-9(2)13-10(3)5-11/h9-11,14H,1,4-7H2,2-3H3. The average molecular weight is 216 g/mol. The van der Waals surface area contributed by atoms with Crippen LogP contribution in [0.1, 0.15) is 26.7 Å². The normalized spacial score (nSPS) is 32.9. The molecule has 14 heavy (non-hydrogen) atoms. The molecule has 1 rings (SSSR count). The molecule has 0 saturated carbocycles. The molecule has 0 amide bonds. The summed E-state index contributed by atoms with van der Waals surface area (Å²) in [5, 5.41) is 0. The lowest BCUT2D eigenvalue weighted by molar-refractivity contribution is -0.0977. The van der Waals surface area contributed by atoms with Crippen LogP contribution in [-0.2, 0) is 9.47 Å². The van der Waals surface area contributed by atoms with Gasteiger partial charge < -0.3 is 9.47 Å². The largest absolute Gasteiger partial charge is 0.375 e. The van der Waals surface area contributed by atoms with E-state index >= 15 is 0 Å². The van der Waals surface area contributed by atoms with Crippen molar-refractivity contribution in [2.24, 2.45) is 0 Å². The second-order valence-corrected chi connectivity index (χ2v) is 4.39. The van der Waals surface area contributed by atoms with E-state index in [1.54, 1.807) is 0 Å². The van der Waals surface area contributed by atoms with Gasteiger partial charge in [-0.3, -0.25) is 0 Å². The van der Waals surface area contributed by atoms with Gasteiger partial charge in [-0.1, -0.05) is 6.58 Å². The SMILES string of the molecule is C=C(CS)COC1CC(C)OC(C)C1. The Bertz CT molecular complexity index is 184. The molecular formula is C11H20O2S. The first-order valence-electron chi connectivity index (χ1n) is 5.16. The Morgan fingerprint density at radius 3 is 2.50 bits per heavy atom. The first-order chi connectivity index (χ1) is 6.61. The molecule has 0 spiro atoms. The van der Waals surface area contributed by atoms with Crippen LogP contribution in [0.4, 0.5) is 0 Å². The van der Waals surface area contributed by atoms with Gasteiger partial charge in [-0.2, -0.15) is 12.6 Å². The van der Waals surface area contributed by atoms with Crippen LogP contribution in [0.15, 0.2) is 12.2 Å². The van der Waals surface area contributed by atoms with E-state index in [1.165, 1.54) is 0 Å². The second-order valence-electron chi connectivity index (χ2n) is 4.07. The highest BCUT2D eigenvalue weighted by molar-refractivity contribution is 7.80. The van der Waals surface area contributed by atoms with Gasteiger partial charge in [0, 0.05) is 5.75 Å². The molecule has 1 heterocycles. The van der Waals surface area contributed by atoms with Crippen molar-refractivity contribution >= 4 is 12.6 Å². The molecule has 2 unspecified atom stereocenters. The molecule has 2 nitrogen and oxygen atoms in total. The highest BCUT2D eigenvalue weighted by Crippen LogP contribution is 2.21. The van der Waals surface area contributed by atoms with Crippen molar-refractivity contribution in [1.82, 2.24) is 0 Å². The van der Waals surface area contributed by atoms with Crippen LogP contribution in [0.25, 0.3) is 0 Å². The minimum absolute atomic E-state index is 0.313. The van der Waals surface area contributed by atoms with Gasteiger partial charge in [0.25, 0.3) is 0 Å². The fraction of sp³-hybridized carbons (Fsp3) is 0.818. The van der Waals surface area contributed by atoms with E-state index in [-0.39, 0.29) is 0 Å². The third-order valence-electron chi connectivity index (χ3n) is 2.40. The summed E-state index contributed by atoms with van der Waals surface area (Å²) in [5.74, 6) is 0.703. The Balaban J connectivity index is 2.26. The molecule has 1 aliphatic rings. The zero-order chi connectivity index (χ0) is 10.6. The van der Waals surface area contributed by atoms with Crippen LogP contribution in [0.2, 0.25) is 0 Å². The van der Waals surface area contributed by atoms with Gasteiger partial charge in [0.05, 0.1) is 24.9 Å². The zero-order valence-corrected chi connectivity index (χ0v) is 9.93. The van der Waals surface area contributed by atoms with Crippen LogP contribution in [0, 0.1) is 0 Å². The van der Waals surface area contributed by atoms with E-state index in [9.17, 15) is 0 Å². The van der Waals surface area contributed by atoms with Gasteiger partial charge >= 0.3 is 0 Å². The summed E-state index contributed by atoms with van der Waals surface area (Å²) in [6.07, 6.45) is 2.93. The molecule has 3 heteroatoms. The molecule has 0 radical (unpaired) electrons. The van der Waals surface area contributed by atoms with Crippen molar-refractivity contribution in [3.8, 4) is 0 Å². The summed E-state index contributed by atoms with van der Waals surface area (Å²) in [6, 6.07) is 0. The van der Waals surface area contributed by atoms with E-state index in [4.69, 9.17) is 9.47 Å². The summed E-state index contributed by atoms with van der Waals surface area (Å²) in [7, 11) is 0. The van der Waals surface area contributed by atoms with Crippen LogP contribution < -0.4 is 0 Å². The fourth-order valence-electron chi connectivity index (χ4n) is 1.76. The Morgan fingerprint density at radius 1 is 1.43 bits per heavy atom. The number of ether oxygens (including phenoxy) is 2. The number of hydrogen-bond donors (Lipinski definition) is 1. The molecule has 0 aliphatic carbocycles. The first kappa shape index (κ1) is 12.1. The average Bonchev–Trinajstić information content (AvgIpc) is 2.12. The van der Waals surface area contributed by atoms with Gasteiger partial charge in [-0.05, 0) is 32.3 Å². The lowest BCUT2D eigenvalue weighted by Crippen LogP contribution is -2.34. The topological polar surface area (TPSA) is 18.5 Å². The molecule has 0 aromatic rings. The molecule has 82 valence electrons. The molecule has 1 aliphatic heterocycles. The maximum absolute atomic E-state index is 5.75. The molecule has 1 saturated heterocycles. The summed E-state index contributed by atoms with van der Waals surface area (Å²) >= 11 is 4.14. The number of rotatable bonds is 4. The van der Waals surface area contributed by atoms with Gasteiger partial charge in [0.2, 0.25) is 0 Å². The zero-order valence-electron chi connectivity index (χ0n) is 9.03. The fourth-order valence-corrected chi connectivity index (χ4v) is 1.85.